The van der Waals surface area contributed by atoms with Gasteiger partial charge in [0.25, 0.3) is 0 Å². The molecule has 0 spiro atoms. The molecule has 3 N–H and O–H groups in total. The molecule has 1 heterocycles. The standard InChI is InChI=1S/C29H47N3O6/c1-19(26(35)36)13-24(33)22(30-27(37)38-28(2,3)4)15-29(5,6)16-25(34)32-18-20(17-31(7)8)14-21-11-9-10-12-23(21)32/h9-12,19-20,22,24,33H,13-18H2,1-8H3,(H,30,37)(H,35,36)/t19-,20-,22+,24+/m1/s1. The fourth-order valence-electron chi connectivity index (χ4n) is 5.10. The number of carboxylic acid groups (broad SMARTS) is 1. The predicted molar refractivity (Wildman–Crippen MR) is 148 cm³/mol. The predicted octanol–water partition coefficient (Wildman–Crippen LogP) is 3.92. The molecule has 0 aliphatic carbocycles. The smallest absolute Gasteiger partial charge is 0.407 e. The first-order valence-electron chi connectivity index (χ1n) is 13.4. The third-order valence-corrected chi connectivity index (χ3v) is 6.74. The minimum absolute atomic E-state index is 0.0182. The van der Waals surface area contributed by atoms with E-state index in [0.717, 1.165) is 24.2 Å². The molecule has 1 aliphatic heterocycles. The van der Waals surface area contributed by atoms with Crippen LogP contribution in [-0.4, -0.2) is 78.0 Å². The van der Waals surface area contributed by atoms with Gasteiger partial charge in [-0.3, -0.25) is 9.59 Å². The first kappa shape index (κ1) is 31.6. The van der Waals surface area contributed by atoms with Gasteiger partial charge in [-0.2, -0.15) is 0 Å². The molecule has 214 valence electrons. The average Bonchev–Trinajstić information content (AvgIpc) is 2.75. The number of para-hydroxylation sites is 1. The van der Waals surface area contributed by atoms with Crippen LogP contribution in [0, 0.1) is 17.3 Å². The number of rotatable bonds is 11. The van der Waals surface area contributed by atoms with Crippen molar-refractivity contribution in [1.82, 2.24) is 10.2 Å². The lowest BCUT2D eigenvalue weighted by Gasteiger charge is -2.38. The quantitative estimate of drug-likeness (QED) is 0.394. The van der Waals surface area contributed by atoms with E-state index in [1.165, 1.54) is 6.92 Å². The van der Waals surface area contributed by atoms with Gasteiger partial charge in [0.1, 0.15) is 5.60 Å². The van der Waals surface area contributed by atoms with Crippen molar-refractivity contribution in [2.75, 3.05) is 32.1 Å². The molecule has 1 aromatic carbocycles. The molecule has 2 rings (SSSR count). The van der Waals surface area contributed by atoms with Crippen molar-refractivity contribution in [1.29, 1.82) is 0 Å². The Balaban J connectivity index is 2.21. The summed E-state index contributed by atoms with van der Waals surface area (Å²) in [5.41, 5.74) is 0.749. The minimum Gasteiger partial charge on any atom is -0.481 e. The third-order valence-electron chi connectivity index (χ3n) is 6.74. The van der Waals surface area contributed by atoms with Gasteiger partial charge in [-0.25, -0.2) is 4.79 Å². The zero-order valence-electron chi connectivity index (χ0n) is 24.3. The van der Waals surface area contributed by atoms with E-state index < -0.39 is 41.1 Å². The van der Waals surface area contributed by atoms with Gasteiger partial charge in [0, 0.05) is 25.2 Å². The van der Waals surface area contributed by atoms with Crippen molar-refractivity contribution in [3.8, 4) is 0 Å². The molecular weight excluding hydrogens is 486 g/mol. The lowest BCUT2D eigenvalue weighted by molar-refractivity contribution is -0.142. The van der Waals surface area contributed by atoms with Crippen molar-refractivity contribution >= 4 is 23.7 Å². The van der Waals surface area contributed by atoms with E-state index in [1.54, 1.807) is 20.8 Å². The number of nitrogens with zero attached hydrogens (tertiary/aromatic N) is 2. The normalized spacial score (nSPS) is 18.4. The Hall–Kier alpha value is -2.65. The van der Waals surface area contributed by atoms with Crippen LogP contribution < -0.4 is 10.2 Å². The van der Waals surface area contributed by atoms with Gasteiger partial charge in [0.15, 0.2) is 0 Å². The highest BCUT2D eigenvalue weighted by Gasteiger charge is 2.36. The number of anilines is 1. The Morgan fingerprint density at radius 2 is 1.79 bits per heavy atom. The van der Waals surface area contributed by atoms with Gasteiger partial charge in [0.05, 0.1) is 18.1 Å². The largest absolute Gasteiger partial charge is 0.481 e. The van der Waals surface area contributed by atoms with E-state index >= 15 is 0 Å². The summed E-state index contributed by atoms with van der Waals surface area (Å²) in [6.07, 6.45) is -0.472. The Bertz CT molecular complexity index is 971. The second-order valence-corrected chi connectivity index (χ2v) is 12.8. The number of fused-ring (bicyclic) bond motifs is 1. The van der Waals surface area contributed by atoms with Crippen LogP contribution in [0.4, 0.5) is 10.5 Å². The van der Waals surface area contributed by atoms with Crippen LogP contribution in [0.2, 0.25) is 0 Å². The summed E-state index contributed by atoms with van der Waals surface area (Å²) < 4.78 is 5.39. The van der Waals surface area contributed by atoms with Gasteiger partial charge >= 0.3 is 12.1 Å². The van der Waals surface area contributed by atoms with Crippen LogP contribution in [0.25, 0.3) is 0 Å². The molecule has 0 aromatic heterocycles. The maximum atomic E-state index is 13.7. The molecule has 0 saturated heterocycles. The van der Waals surface area contributed by atoms with Crippen molar-refractivity contribution in [3.63, 3.8) is 0 Å². The minimum atomic E-state index is -1.12. The summed E-state index contributed by atoms with van der Waals surface area (Å²) in [5.74, 6) is -1.52. The van der Waals surface area contributed by atoms with Crippen molar-refractivity contribution in [2.45, 2.75) is 85.0 Å². The zero-order valence-corrected chi connectivity index (χ0v) is 24.3. The van der Waals surface area contributed by atoms with Crippen LogP contribution in [0.15, 0.2) is 24.3 Å². The molecule has 0 fully saturated rings. The second kappa shape index (κ2) is 12.9. The van der Waals surface area contributed by atoms with Crippen LogP contribution in [-0.2, 0) is 20.7 Å². The molecule has 0 saturated carbocycles. The summed E-state index contributed by atoms with van der Waals surface area (Å²) in [4.78, 5) is 41.7. The van der Waals surface area contributed by atoms with E-state index in [0.29, 0.717) is 12.5 Å². The van der Waals surface area contributed by atoms with Crippen LogP contribution in [0.1, 0.15) is 66.4 Å². The van der Waals surface area contributed by atoms with Gasteiger partial charge in [-0.1, -0.05) is 39.0 Å². The van der Waals surface area contributed by atoms with Crippen LogP contribution in [0.5, 0.6) is 0 Å². The molecule has 9 nitrogen and oxygen atoms in total. The SMILES string of the molecule is C[C@H](C[C@H](O)[C@H](CC(C)(C)CC(=O)N1C[C@@H](CN(C)C)Cc2ccccc21)NC(=O)OC(C)(C)C)C(=O)O. The van der Waals surface area contributed by atoms with Gasteiger partial charge in [-0.05, 0) is 77.1 Å². The fourth-order valence-corrected chi connectivity index (χ4v) is 5.10. The number of alkyl carbamates (subject to hydrolysis) is 1. The lowest BCUT2D eigenvalue weighted by Crippen LogP contribution is -2.49. The number of ether oxygens (including phenoxy) is 1. The topological polar surface area (TPSA) is 119 Å². The molecule has 0 unspecified atom stereocenters. The van der Waals surface area contributed by atoms with E-state index in [-0.39, 0.29) is 25.2 Å². The highest BCUT2D eigenvalue weighted by Crippen LogP contribution is 2.35. The van der Waals surface area contributed by atoms with E-state index in [9.17, 15) is 24.6 Å². The lowest BCUT2D eigenvalue weighted by atomic mass is 9.79. The number of hydrogen-bond acceptors (Lipinski definition) is 6. The molecule has 38 heavy (non-hydrogen) atoms. The van der Waals surface area contributed by atoms with Gasteiger partial charge < -0.3 is 30.1 Å². The number of hydrogen-bond donors (Lipinski definition) is 3. The molecule has 9 heteroatoms. The Kier molecular flexibility index (Phi) is 10.7. The highest BCUT2D eigenvalue weighted by molar-refractivity contribution is 5.95. The number of aliphatic hydroxyl groups is 1. The molecular formula is C29H47N3O6. The molecule has 0 bridgehead atoms. The summed E-state index contributed by atoms with van der Waals surface area (Å²) in [6, 6.07) is 7.21. The van der Waals surface area contributed by atoms with E-state index in [2.05, 4.69) is 16.3 Å². The summed E-state index contributed by atoms with van der Waals surface area (Å²) in [7, 11) is 4.06. The third kappa shape index (κ3) is 9.91. The molecule has 0 radical (unpaired) electrons. The monoisotopic (exact) mass is 533 g/mol. The number of amides is 2. The van der Waals surface area contributed by atoms with Crippen molar-refractivity contribution in [2.24, 2.45) is 17.3 Å². The summed E-state index contributed by atoms with van der Waals surface area (Å²) >= 11 is 0. The van der Waals surface area contributed by atoms with Gasteiger partial charge in [-0.15, -0.1) is 0 Å². The number of benzene rings is 1. The number of carbonyl (C=O) groups is 3. The number of nitrogens with one attached hydrogen (secondary N) is 1. The Morgan fingerprint density at radius 1 is 1.16 bits per heavy atom. The van der Waals surface area contributed by atoms with Crippen LogP contribution in [0.3, 0.4) is 0 Å². The molecule has 1 aliphatic rings. The maximum Gasteiger partial charge on any atom is 0.407 e. The summed E-state index contributed by atoms with van der Waals surface area (Å²) in [6.45, 7) is 12.1. The van der Waals surface area contributed by atoms with Crippen molar-refractivity contribution in [3.05, 3.63) is 29.8 Å². The van der Waals surface area contributed by atoms with E-state index in [4.69, 9.17) is 4.74 Å². The summed E-state index contributed by atoms with van der Waals surface area (Å²) in [5, 5.41) is 23.0. The number of carboxylic acids is 1. The molecule has 4 atom stereocenters. The van der Waals surface area contributed by atoms with Gasteiger partial charge in [0.2, 0.25) is 5.91 Å². The number of aliphatic carboxylic acids is 1. The second-order valence-electron chi connectivity index (χ2n) is 12.8. The number of aliphatic hydroxyl groups excluding tert-OH is 1. The Labute approximate surface area is 227 Å². The maximum absolute atomic E-state index is 13.7. The highest BCUT2D eigenvalue weighted by atomic mass is 16.6. The van der Waals surface area contributed by atoms with E-state index in [1.807, 2.05) is 51.0 Å². The Morgan fingerprint density at radius 3 is 2.37 bits per heavy atom. The average molecular weight is 534 g/mol. The fraction of sp³-hybridized carbons (Fsp3) is 0.690. The first-order chi connectivity index (χ1) is 17.5. The molecule has 1 aromatic rings. The zero-order chi connectivity index (χ0) is 28.8. The van der Waals surface area contributed by atoms with Crippen LogP contribution >= 0.6 is 0 Å². The molecule has 2 amide bonds. The number of carbonyl (C=O) groups excluding carboxylic acids is 2. The van der Waals surface area contributed by atoms with Crippen molar-refractivity contribution < 1.29 is 29.3 Å². The first-order valence-corrected chi connectivity index (χ1v) is 13.4.